The van der Waals surface area contributed by atoms with Crippen LogP contribution in [-0.4, -0.2) is 31.5 Å². The van der Waals surface area contributed by atoms with Gasteiger partial charge in [-0.15, -0.1) is 0 Å². The van der Waals surface area contributed by atoms with Crippen LogP contribution >= 0.6 is 0 Å². The van der Waals surface area contributed by atoms with E-state index in [-0.39, 0.29) is 4.90 Å². The quantitative estimate of drug-likeness (QED) is 0.888. The monoisotopic (exact) mass is 318 g/mol. The SMILES string of the molecule is NS(=O)(=O)c1ccc(-c2cnc(C3CCNCC3)nc2)cc1. The van der Waals surface area contributed by atoms with Crippen molar-refractivity contribution in [3.8, 4) is 11.1 Å². The van der Waals surface area contributed by atoms with Gasteiger partial charge in [-0.05, 0) is 43.6 Å². The van der Waals surface area contributed by atoms with Gasteiger partial charge >= 0.3 is 0 Å². The van der Waals surface area contributed by atoms with Gasteiger partial charge in [-0.2, -0.15) is 0 Å². The highest BCUT2D eigenvalue weighted by Crippen LogP contribution is 2.24. The van der Waals surface area contributed by atoms with Gasteiger partial charge in [-0.1, -0.05) is 12.1 Å². The van der Waals surface area contributed by atoms with E-state index >= 15 is 0 Å². The van der Waals surface area contributed by atoms with E-state index < -0.39 is 10.0 Å². The number of aromatic nitrogens is 2. The molecule has 2 heterocycles. The Morgan fingerprint density at radius 1 is 1.00 bits per heavy atom. The van der Waals surface area contributed by atoms with E-state index in [2.05, 4.69) is 15.3 Å². The summed E-state index contributed by atoms with van der Waals surface area (Å²) in [4.78, 5) is 9.04. The molecule has 1 aromatic heterocycles. The van der Waals surface area contributed by atoms with Crippen molar-refractivity contribution in [3.05, 3.63) is 42.5 Å². The number of hydrogen-bond donors (Lipinski definition) is 2. The van der Waals surface area contributed by atoms with Gasteiger partial charge in [-0.25, -0.2) is 23.5 Å². The van der Waals surface area contributed by atoms with Gasteiger partial charge in [0.25, 0.3) is 0 Å². The van der Waals surface area contributed by atoms with E-state index in [0.29, 0.717) is 5.92 Å². The predicted octanol–water partition coefficient (Wildman–Crippen LogP) is 1.26. The average Bonchev–Trinajstić information content (AvgIpc) is 2.55. The molecule has 6 nitrogen and oxygen atoms in total. The summed E-state index contributed by atoms with van der Waals surface area (Å²) in [7, 11) is -3.66. The van der Waals surface area contributed by atoms with Crippen molar-refractivity contribution in [1.29, 1.82) is 0 Å². The van der Waals surface area contributed by atoms with Gasteiger partial charge in [0.05, 0.1) is 4.90 Å². The molecular weight excluding hydrogens is 300 g/mol. The topological polar surface area (TPSA) is 98.0 Å². The molecule has 3 rings (SSSR count). The summed E-state index contributed by atoms with van der Waals surface area (Å²) in [5.74, 6) is 1.30. The number of rotatable bonds is 3. The Morgan fingerprint density at radius 3 is 2.14 bits per heavy atom. The summed E-state index contributed by atoms with van der Waals surface area (Å²) in [6.45, 7) is 2.01. The van der Waals surface area contributed by atoms with E-state index in [1.807, 2.05) is 0 Å². The van der Waals surface area contributed by atoms with E-state index in [9.17, 15) is 8.42 Å². The third kappa shape index (κ3) is 3.32. The second-order valence-corrected chi connectivity index (χ2v) is 6.99. The van der Waals surface area contributed by atoms with Crippen LogP contribution in [0, 0.1) is 0 Å². The first-order valence-corrected chi connectivity index (χ1v) is 8.74. The fourth-order valence-corrected chi connectivity index (χ4v) is 3.13. The Labute approximate surface area is 129 Å². The Hall–Kier alpha value is -1.83. The van der Waals surface area contributed by atoms with E-state index in [4.69, 9.17) is 5.14 Å². The molecule has 3 N–H and O–H groups in total. The third-order valence-corrected chi connectivity index (χ3v) is 4.82. The van der Waals surface area contributed by atoms with Gasteiger partial charge in [0.1, 0.15) is 5.82 Å². The molecule has 1 fully saturated rings. The first-order chi connectivity index (χ1) is 10.5. The number of benzene rings is 1. The zero-order valence-corrected chi connectivity index (χ0v) is 12.9. The summed E-state index contributed by atoms with van der Waals surface area (Å²) in [5, 5.41) is 8.41. The molecule has 1 aromatic carbocycles. The molecular formula is C15H18N4O2S. The Balaban J connectivity index is 1.80. The first-order valence-electron chi connectivity index (χ1n) is 7.20. The van der Waals surface area contributed by atoms with Gasteiger partial charge in [0.15, 0.2) is 0 Å². The van der Waals surface area contributed by atoms with Crippen molar-refractivity contribution in [1.82, 2.24) is 15.3 Å². The first kappa shape index (κ1) is 15.1. The molecule has 116 valence electrons. The maximum Gasteiger partial charge on any atom is 0.238 e. The molecule has 0 radical (unpaired) electrons. The van der Waals surface area contributed by atoms with E-state index in [0.717, 1.165) is 42.9 Å². The fourth-order valence-electron chi connectivity index (χ4n) is 2.62. The highest BCUT2D eigenvalue weighted by Gasteiger charge is 2.17. The van der Waals surface area contributed by atoms with Crippen molar-refractivity contribution < 1.29 is 8.42 Å². The molecule has 0 amide bonds. The van der Waals surface area contributed by atoms with Crippen molar-refractivity contribution in [2.24, 2.45) is 5.14 Å². The molecule has 2 aromatic rings. The van der Waals surface area contributed by atoms with Crippen LogP contribution in [0.2, 0.25) is 0 Å². The zero-order valence-electron chi connectivity index (χ0n) is 12.1. The number of piperidine rings is 1. The maximum absolute atomic E-state index is 11.2. The van der Waals surface area contributed by atoms with Crippen LogP contribution in [0.5, 0.6) is 0 Å². The molecule has 0 spiro atoms. The number of sulfonamides is 1. The molecule has 1 aliphatic rings. The van der Waals surface area contributed by atoms with Gasteiger partial charge in [-0.3, -0.25) is 0 Å². The molecule has 0 unspecified atom stereocenters. The molecule has 0 atom stereocenters. The van der Waals surface area contributed by atoms with Crippen LogP contribution in [0.25, 0.3) is 11.1 Å². The second-order valence-electron chi connectivity index (χ2n) is 5.42. The number of hydrogen-bond acceptors (Lipinski definition) is 5. The van der Waals surface area contributed by atoms with Crippen LogP contribution in [0.4, 0.5) is 0 Å². The molecule has 1 saturated heterocycles. The van der Waals surface area contributed by atoms with Crippen LogP contribution < -0.4 is 10.5 Å². The lowest BCUT2D eigenvalue weighted by Gasteiger charge is -2.21. The van der Waals surface area contributed by atoms with Crippen molar-refractivity contribution in [2.45, 2.75) is 23.7 Å². The molecule has 1 aliphatic heterocycles. The Bertz CT molecular complexity index is 736. The van der Waals surface area contributed by atoms with Crippen LogP contribution in [0.3, 0.4) is 0 Å². The molecule has 0 saturated carbocycles. The highest BCUT2D eigenvalue weighted by atomic mass is 32.2. The van der Waals surface area contributed by atoms with Crippen LogP contribution in [-0.2, 0) is 10.0 Å². The van der Waals surface area contributed by atoms with Crippen LogP contribution in [0.15, 0.2) is 41.6 Å². The highest BCUT2D eigenvalue weighted by molar-refractivity contribution is 7.89. The molecule has 0 bridgehead atoms. The van der Waals surface area contributed by atoms with Crippen LogP contribution in [0.1, 0.15) is 24.6 Å². The van der Waals surface area contributed by atoms with Gasteiger partial charge < -0.3 is 5.32 Å². The number of nitrogens with two attached hydrogens (primary N) is 1. The summed E-state index contributed by atoms with van der Waals surface area (Å²) in [5.41, 5.74) is 1.72. The van der Waals surface area contributed by atoms with Crippen molar-refractivity contribution >= 4 is 10.0 Å². The normalized spacial score (nSPS) is 16.6. The maximum atomic E-state index is 11.2. The van der Waals surface area contributed by atoms with Crippen molar-refractivity contribution in [2.75, 3.05) is 13.1 Å². The number of nitrogens with zero attached hydrogens (tertiary/aromatic N) is 2. The zero-order chi connectivity index (χ0) is 15.6. The smallest absolute Gasteiger partial charge is 0.238 e. The van der Waals surface area contributed by atoms with Gasteiger partial charge in [0.2, 0.25) is 10.0 Å². The summed E-state index contributed by atoms with van der Waals surface area (Å²) < 4.78 is 22.5. The average molecular weight is 318 g/mol. The van der Waals surface area contributed by atoms with Gasteiger partial charge in [0, 0.05) is 23.9 Å². The minimum absolute atomic E-state index is 0.100. The predicted molar refractivity (Wildman–Crippen MR) is 83.7 cm³/mol. The third-order valence-electron chi connectivity index (χ3n) is 3.89. The lowest BCUT2D eigenvalue weighted by molar-refractivity contribution is 0.445. The lowest BCUT2D eigenvalue weighted by Crippen LogP contribution is -2.27. The summed E-state index contributed by atoms with van der Waals surface area (Å²) in [6.07, 6.45) is 5.69. The Morgan fingerprint density at radius 2 is 1.59 bits per heavy atom. The molecule has 22 heavy (non-hydrogen) atoms. The largest absolute Gasteiger partial charge is 0.317 e. The minimum atomic E-state index is -3.66. The number of primary sulfonamides is 1. The van der Waals surface area contributed by atoms with E-state index in [1.165, 1.54) is 12.1 Å². The summed E-state index contributed by atoms with van der Waals surface area (Å²) in [6, 6.07) is 6.40. The van der Waals surface area contributed by atoms with Crippen molar-refractivity contribution in [3.63, 3.8) is 0 Å². The lowest BCUT2D eigenvalue weighted by atomic mass is 9.97. The second kappa shape index (κ2) is 6.12. The molecule has 0 aliphatic carbocycles. The minimum Gasteiger partial charge on any atom is -0.317 e. The fraction of sp³-hybridized carbons (Fsp3) is 0.333. The summed E-state index contributed by atoms with van der Waals surface area (Å²) >= 11 is 0. The number of nitrogens with one attached hydrogen (secondary N) is 1. The molecule has 7 heteroatoms. The standard InChI is InChI=1S/C15H18N4O2S/c16-22(20,21)14-3-1-11(2-4-14)13-9-18-15(19-10-13)12-5-7-17-8-6-12/h1-4,9-10,12,17H,5-8H2,(H2,16,20,21). The Kier molecular flexibility index (Phi) is 4.19. The van der Waals surface area contributed by atoms with E-state index in [1.54, 1.807) is 24.5 Å².